The van der Waals surface area contributed by atoms with Crippen molar-refractivity contribution in [1.29, 1.82) is 0 Å². The van der Waals surface area contributed by atoms with E-state index in [1.807, 2.05) is 42.2 Å². The third-order valence-electron chi connectivity index (χ3n) is 3.66. The van der Waals surface area contributed by atoms with Crippen molar-refractivity contribution in [2.45, 2.75) is 20.4 Å². The largest absolute Gasteiger partial charge is 0.465 e. The number of benzene rings is 1. The van der Waals surface area contributed by atoms with Crippen LogP contribution in [-0.4, -0.2) is 54.3 Å². The lowest BCUT2D eigenvalue weighted by molar-refractivity contribution is -0.144. The Kier molecular flexibility index (Phi) is 7.97. The molecule has 140 valence electrons. The normalized spacial score (nSPS) is 11.0. The minimum Gasteiger partial charge on any atom is -0.465 e. The molecule has 0 fully saturated rings. The van der Waals surface area contributed by atoms with Gasteiger partial charge in [-0.3, -0.25) is 9.69 Å². The average molecular weight is 378 g/mol. The lowest BCUT2D eigenvalue weighted by Crippen LogP contribution is -2.33. The topological polar surface area (TPSA) is 64.5 Å². The molecule has 0 aliphatic heterocycles. The van der Waals surface area contributed by atoms with Crippen LogP contribution >= 0.6 is 11.6 Å². The Balaban J connectivity index is 2.19. The van der Waals surface area contributed by atoms with E-state index in [1.54, 1.807) is 14.0 Å². The van der Waals surface area contributed by atoms with Gasteiger partial charge < -0.3 is 9.47 Å². The zero-order chi connectivity index (χ0) is 18.9. The number of methoxy groups -OCH3 is 1. The number of hydrogen-bond acceptors (Lipinski definition) is 6. The van der Waals surface area contributed by atoms with Crippen molar-refractivity contribution in [1.82, 2.24) is 14.9 Å². The van der Waals surface area contributed by atoms with Gasteiger partial charge in [0.05, 0.1) is 25.5 Å². The molecule has 0 unspecified atom stereocenters. The van der Waals surface area contributed by atoms with Crippen molar-refractivity contribution < 1.29 is 14.3 Å². The van der Waals surface area contributed by atoms with E-state index >= 15 is 0 Å². The highest BCUT2D eigenvalue weighted by Crippen LogP contribution is 2.19. The zero-order valence-corrected chi connectivity index (χ0v) is 16.1. The van der Waals surface area contributed by atoms with Crippen LogP contribution in [0.2, 0.25) is 5.02 Å². The molecule has 2 rings (SSSR count). The Bertz CT molecular complexity index is 722. The lowest BCUT2D eigenvalue weighted by Gasteiger charge is -2.21. The van der Waals surface area contributed by atoms with Crippen LogP contribution in [0.25, 0.3) is 11.4 Å². The number of rotatable bonds is 9. The molecule has 1 aromatic carbocycles. The predicted octanol–water partition coefficient (Wildman–Crippen LogP) is 3.12. The van der Waals surface area contributed by atoms with Gasteiger partial charge >= 0.3 is 5.97 Å². The van der Waals surface area contributed by atoms with Gasteiger partial charge in [0.15, 0.2) is 5.82 Å². The van der Waals surface area contributed by atoms with E-state index in [4.69, 9.17) is 21.1 Å². The van der Waals surface area contributed by atoms with Crippen LogP contribution < -0.4 is 0 Å². The molecule has 0 amide bonds. The van der Waals surface area contributed by atoms with E-state index in [9.17, 15) is 4.79 Å². The van der Waals surface area contributed by atoms with Crippen LogP contribution in [0.15, 0.2) is 30.3 Å². The fraction of sp³-hybridized carbons (Fsp3) is 0.421. The van der Waals surface area contributed by atoms with Crippen molar-refractivity contribution in [3.05, 3.63) is 46.7 Å². The molecular weight excluding hydrogens is 354 g/mol. The summed E-state index contributed by atoms with van der Waals surface area (Å²) in [4.78, 5) is 22.9. The first-order valence-corrected chi connectivity index (χ1v) is 8.87. The van der Waals surface area contributed by atoms with Crippen molar-refractivity contribution >= 4 is 17.6 Å². The zero-order valence-electron chi connectivity index (χ0n) is 15.4. The average Bonchev–Trinajstić information content (AvgIpc) is 2.60. The predicted molar refractivity (Wildman–Crippen MR) is 101 cm³/mol. The maximum absolute atomic E-state index is 11.8. The number of aryl methyl sites for hydroxylation is 1. The van der Waals surface area contributed by atoms with E-state index in [-0.39, 0.29) is 12.5 Å². The minimum atomic E-state index is -0.257. The number of carbonyl (C=O) groups excluding carboxylic acids is 1. The highest BCUT2D eigenvalue weighted by molar-refractivity contribution is 6.30. The van der Waals surface area contributed by atoms with Gasteiger partial charge in [-0.1, -0.05) is 11.6 Å². The summed E-state index contributed by atoms with van der Waals surface area (Å²) in [5, 5.41) is 0.668. The summed E-state index contributed by atoms with van der Waals surface area (Å²) in [6, 6.07) is 9.33. The van der Waals surface area contributed by atoms with Gasteiger partial charge in [-0.05, 0) is 44.2 Å². The molecule has 6 nitrogen and oxygen atoms in total. The smallest absolute Gasteiger partial charge is 0.320 e. The van der Waals surface area contributed by atoms with Gasteiger partial charge in [-0.2, -0.15) is 0 Å². The summed E-state index contributed by atoms with van der Waals surface area (Å²) in [6.45, 7) is 5.91. The third kappa shape index (κ3) is 6.37. The molecule has 0 saturated heterocycles. The molecule has 0 bridgehead atoms. The number of aromatic nitrogens is 2. The fourth-order valence-corrected chi connectivity index (χ4v) is 2.62. The number of ether oxygens (including phenoxy) is 2. The molecule has 1 heterocycles. The van der Waals surface area contributed by atoms with Crippen molar-refractivity contribution in [3.63, 3.8) is 0 Å². The molecule has 0 aliphatic carbocycles. The number of esters is 1. The van der Waals surface area contributed by atoms with Crippen LogP contribution in [0.4, 0.5) is 0 Å². The Hall–Kier alpha value is -2.02. The number of carbonyl (C=O) groups is 1. The molecule has 0 atom stereocenters. The highest BCUT2D eigenvalue weighted by Gasteiger charge is 2.14. The highest BCUT2D eigenvalue weighted by atomic mass is 35.5. The SMILES string of the molecule is CCOC(=O)CN(CCOC)Cc1cc(C)nc(-c2ccc(Cl)cc2)n1. The summed E-state index contributed by atoms with van der Waals surface area (Å²) in [5.74, 6) is 0.381. The van der Waals surface area contributed by atoms with E-state index < -0.39 is 0 Å². The molecule has 0 aliphatic rings. The van der Waals surface area contributed by atoms with Gasteiger partial charge in [-0.15, -0.1) is 0 Å². The van der Waals surface area contributed by atoms with Gasteiger partial charge in [0.25, 0.3) is 0 Å². The van der Waals surface area contributed by atoms with Gasteiger partial charge in [-0.25, -0.2) is 9.97 Å². The number of hydrogen-bond donors (Lipinski definition) is 0. The van der Waals surface area contributed by atoms with E-state index in [2.05, 4.69) is 9.97 Å². The molecule has 7 heteroatoms. The van der Waals surface area contributed by atoms with Gasteiger partial charge in [0.1, 0.15) is 0 Å². The monoisotopic (exact) mass is 377 g/mol. The molecular formula is C19H24ClN3O3. The van der Waals surface area contributed by atoms with Crippen LogP contribution in [0.3, 0.4) is 0 Å². The fourth-order valence-electron chi connectivity index (χ4n) is 2.50. The van der Waals surface area contributed by atoms with E-state index in [0.29, 0.717) is 37.2 Å². The first-order chi connectivity index (χ1) is 12.5. The van der Waals surface area contributed by atoms with Gasteiger partial charge in [0.2, 0.25) is 0 Å². The second-order valence-electron chi connectivity index (χ2n) is 5.84. The summed E-state index contributed by atoms with van der Waals surface area (Å²) in [7, 11) is 1.63. The van der Waals surface area contributed by atoms with Crippen molar-refractivity contribution in [2.24, 2.45) is 0 Å². The van der Waals surface area contributed by atoms with Crippen LogP contribution in [0.1, 0.15) is 18.3 Å². The Morgan fingerprint density at radius 3 is 2.62 bits per heavy atom. The maximum Gasteiger partial charge on any atom is 0.320 e. The second-order valence-corrected chi connectivity index (χ2v) is 6.28. The number of halogens is 1. The molecule has 0 radical (unpaired) electrons. The minimum absolute atomic E-state index is 0.191. The summed E-state index contributed by atoms with van der Waals surface area (Å²) < 4.78 is 10.2. The molecule has 26 heavy (non-hydrogen) atoms. The summed E-state index contributed by atoms with van der Waals surface area (Å²) >= 11 is 5.95. The first-order valence-electron chi connectivity index (χ1n) is 8.49. The number of nitrogens with zero attached hydrogens (tertiary/aromatic N) is 3. The molecule has 0 saturated carbocycles. The second kappa shape index (κ2) is 10.2. The van der Waals surface area contributed by atoms with E-state index in [0.717, 1.165) is 17.0 Å². The van der Waals surface area contributed by atoms with Crippen molar-refractivity contribution in [3.8, 4) is 11.4 Å². The summed E-state index contributed by atoms with van der Waals surface area (Å²) in [5.41, 5.74) is 2.60. The standard InChI is InChI=1S/C19H24ClN3O3/c1-4-26-18(24)13-23(9-10-25-3)12-17-11-14(2)21-19(22-17)15-5-7-16(20)8-6-15/h5-8,11H,4,9-10,12-13H2,1-3H3. The first kappa shape index (κ1) is 20.3. The Labute approximate surface area is 159 Å². The van der Waals surface area contributed by atoms with Gasteiger partial charge in [0, 0.05) is 36.5 Å². The molecule has 0 N–H and O–H groups in total. The quantitative estimate of drug-likeness (QED) is 0.625. The van der Waals surface area contributed by atoms with Crippen LogP contribution in [-0.2, 0) is 20.8 Å². The summed E-state index contributed by atoms with van der Waals surface area (Å²) in [6.07, 6.45) is 0. The maximum atomic E-state index is 11.8. The molecule has 1 aromatic heterocycles. The lowest BCUT2D eigenvalue weighted by atomic mass is 10.2. The Morgan fingerprint density at radius 1 is 1.23 bits per heavy atom. The molecule has 0 spiro atoms. The Morgan fingerprint density at radius 2 is 1.96 bits per heavy atom. The van der Waals surface area contributed by atoms with Crippen molar-refractivity contribution in [2.75, 3.05) is 33.4 Å². The van der Waals surface area contributed by atoms with Crippen LogP contribution in [0.5, 0.6) is 0 Å². The molecule has 2 aromatic rings. The van der Waals surface area contributed by atoms with E-state index in [1.165, 1.54) is 0 Å². The third-order valence-corrected chi connectivity index (χ3v) is 3.92. The van der Waals surface area contributed by atoms with Crippen LogP contribution in [0, 0.1) is 6.92 Å².